The number of aromatic nitrogens is 4. The van der Waals surface area contributed by atoms with Crippen LogP contribution in [0.3, 0.4) is 0 Å². The van der Waals surface area contributed by atoms with Gasteiger partial charge >= 0.3 is 12.1 Å². The number of esters is 1. The third-order valence-electron chi connectivity index (χ3n) is 5.95. The molecule has 12 nitrogen and oxygen atoms in total. The third-order valence-corrected chi connectivity index (χ3v) is 5.95. The smallest absolute Gasteiger partial charge is 0.410 e. The minimum absolute atomic E-state index is 0.228. The van der Waals surface area contributed by atoms with Crippen LogP contribution in [0.1, 0.15) is 58.3 Å². The van der Waals surface area contributed by atoms with E-state index < -0.39 is 29.4 Å². The molecule has 1 aliphatic heterocycles. The van der Waals surface area contributed by atoms with Crippen molar-refractivity contribution in [1.29, 1.82) is 0 Å². The lowest BCUT2D eigenvalue weighted by atomic mass is 10.2. The van der Waals surface area contributed by atoms with Gasteiger partial charge in [-0.15, -0.1) is 0 Å². The van der Waals surface area contributed by atoms with Crippen LogP contribution in [-0.4, -0.2) is 78.9 Å². The number of carbonyl (C=O) groups excluding carboxylic acids is 3. The number of amides is 2. The second-order valence-electron chi connectivity index (χ2n) is 11.7. The third kappa shape index (κ3) is 7.53. The zero-order valence-electron chi connectivity index (χ0n) is 23.7. The molecule has 1 saturated heterocycles. The number of nitrogens with zero attached hydrogens (tertiary/aromatic N) is 5. The van der Waals surface area contributed by atoms with Crippen molar-refractivity contribution in [2.45, 2.75) is 77.9 Å². The monoisotopic (exact) mass is 552 g/mol. The highest BCUT2D eigenvalue weighted by Gasteiger charge is 2.39. The summed E-state index contributed by atoms with van der Waals surface area (Å²) in [5, 5.41) is 2.85. The van der Waals surface area contributed by atoms with E-state index in [1.54, 1.807) is 81.6 Å². The Labute approximate surface area is 233 Å². The van der Waals surface area contributed by atoms with Gasteiger partial charge in [0.05, 0.1) is 25.0 Å². The van der Waals surface area contributed by atoms with Crippen molar-refractivity contribution < 1.29 is 28.6 Å². The summed E-state index contributed by atoms with van der Waals surface area (Å²) >= 11 is 0. The average molecular weight is 553 g/mol. The zero-order valence-corrected chi connectivity index (χ0v) is 23.7. The van der Waals surface area contributed by atoms with Crippen LogP contribution >= 0.6 is 0 Å². The Hall–Kier alpha value is -4.06. The zero-order chi connectivity index (χ0) is 29.1. The van der Waals surface area contributed by atoms with Crippen LogP contribution in [0.15, 0.2) is 43.0 Å². The summed E-state index contributed by atoms with van der Waals surface area (Å²) in [6, 6.07) is 8.45. The molecule has 2 aromatic heterocycles. The number of anilines is 1. The topological polar surface area (TPSA) is 138 Å². The van der Waals surface area contributed by atoms with Crippen molar-refractivity contribution in [3.63, 3.8) is 0 Å². The van der Waals surface area contributed by atoms with Crippen LogP contribution in [0.5, 0.6) is 0 Å². The molecule has 214 valence electrons. The van der Waals surface area contributed by atoms with Gasteiger partial charge in [-0.2, -0.15) is 0 Å². The molecule has 1 aromatic carbocycles. The quantitative estimate of drug-likeness (QED) is 0.434. The van der Waals surface area contributed by atoms with E-state index in [1.165, 1.54) is 6.33 Å². The molecule has 0 saturated carbocycles. The predicted octanol–water partition coefficient (Wildman–Crippen LogP) is 3.81. The van der Waals surface area contributed by atoms with E-state index in [4.69, 9.17) is 14.2 Å². The van der Waals surface area contributed by atoms with Crippen LogP contribution in [0, 0.1) is 0 Å². The van der Waals surface area contributed by atoms with E-state index in [0.717, 1.165) is 0 Å². The number of ether oxygens (including phenoxy) is 3. The molecule has 0 bridgehead atoms. The van der Waals surface area contributed by atoms with Gasteiger partial charge in [0.2, 0.25) is 0 Å². The molecular formula is C28H36N6O6. The maximum absolute atomic E-state index is 13.2. The van der Waals surface area contributed by atoms with Gasteiger partial charge in [0.25, 0.3) is 5.91 Å². The number of nitrogens with one attached hydrogen (secondary N) is 1. The van der Waals surface area contributed by atoms with E-state index in [2.05, 4.69) is 20.3 Å². The van der Waals surface area contributed by atoms with E-state index in [9.17, 15) is 14.4 Å². The Morgan fingerprint density at radius 2 is 1.68 bits per heavy atom. The predicted molar refractivity (Wildman–Crippen MR) is 147 cm³/mol. The summed E-state index contributed by atoms with van der Waals surface area (Å²) in [4.78, 5) is 52.7. The molecule has 1 aliphatic rings. The second kappa shape index (κ2) is 11.6. The van der Waals surface area contributed by atoms with Crippen molar-refractivity contribution in [1.82, 2.24) is 24.4 Å². The first-order valence-electron chi connectivity index (χ1n) is 13.1. The number of hydrogen-bond acceptors (Lipinski definition) is 9. The lowest BCUT2D eigenvalue weighted by Crippen LogP contribution is -2.41. The number of carbonyl (C=O) groups is 3. The average Bonchev–Trinajstić information content (AvgIpc) is 3.46. The van der Waals surface area contributed by atoms with Gasteiger partial charge in [-0.3, -0.25) is 4.79 Å². The Bertz CT molecular complexity index is 1360. The number of likely N-dealkylation sites (tertiary alicyclic amines) is 1. The normalized spacial score (nSPS) is 17.6. The fourth-order valence-electron chi connectivity index (χ4n) is 4.41. The highest BCUT2D eigenvalue weighted by Crippen LogP contribution is 2.27. The number of benzene rings is 1. The summed E-state index contributed by atoms with van der Waals surface area (Å²) in [5.74, 6) is -0.493. The minimum Gasteiger partial charge on any atom is -0.458 e. The molecule has 2 amide bonds. The molecule has 1 fully saturated rings. The molecule has 40 heavy (non-hydrogen) atoms. The van der Waals surface area contributed by atoms with E-state index in [1.807, 2.05) is 6.07 Å². The molecule has 3 heterocycles. The van der Waals surface area contributed by atoms with Crippen LogP contribution in [0.2, 0.25) is 0 Å². The number of rotatable bonds is 7. The molecule has 0 unspecified atom stereocenters. The Kier molecular flexibility index (Phi) is 8.38. The van der Waals surface area contributed by atoms with Gasteiger partial charge in [0.15, 0.2) is 11.5 Å². The highest BCUT2D eigenvalue weighted by atomic mass is 16.6. The molecule has 3 aromatic rings. The summed E-state index contributed by atoms with van der Waals surface area (Å²) in [6.07, 6.45) is 2.48. The molecule has 4 rings (SSSR count). The van der Waals surface area contributed by atoms with Gasteiger partial charge in [-0.25, -0.2) is 24.5 Å². The number of fused-ring (bicyclic) bond motifs is 1. The first-order valence-corrected chi connectivity index (χ1v) is 13.1. The van der Waals surface area contributed by atoms with E-state index >= 15 is 0 Å². The number of hydrogen-bond donors (Lipinski definition) is 1. The van der Waals surface area contributed by atoms with Gasteiger partial charge < -0.3 is 29.0 Å². The van der Waals surface area contributed by atoms with Gasteiger partial charge in [-0.05, 0) is 60.1 Å². The second-order valence-corrected chi connectivity index (χ2v) is 11.7. The molecule has 12 heteroatoms. The number of imidazole rings is 1. The SMILES string of the molecule is CC(C)(C)OC(=O)CO[C@@H]1C[C@H](Cn2cnc3ncnc(NC(=O)c4ccccc4)c32)N(C(=O)OC(C)(C)C)C1. The standard InChI is InChI=1S/C28H36N6O6/c1-27(2,3)39-21(35)15-38-20-12-19(34(14-20)26(37)40-28(4,5)6)13-33-17-31-23-22(33)24(30-16-29-23)32-25(36)18-10-8-7-9-11-18/h7-11,16-17,19-20H,12-15H2,1-6H3,(H,29,30,32,36)/t19-,20-/m1/s1. The summed E-state index contributed by atoms with van der Waals surface area (Å²) in [6.45, 7) is 11.1. The fourth-order valence-corrected chi connectivity index (χ4v) is 4.41. The molecular weight excluding hydrogens is 516 g/mol. The van der Waals surface area contributed by atoms with Gasteiger partial charge in [0, 0.05) is 12.1 Å². The summed E-state index contributed by atoms with van der Waals surface area (Å²) in [7, 11) is 0. The van der Waals surface area contributed by atoms with Crippen LogP contribution in [-0.2, 0) is 25.5 Å². The van der Waals surface area contributed by atoms with Crippen LogP contribution in [0.25, 0.3) is 11.2 Å². The summed E-state index contributed by atoms with van der Waals surface area (Å²) in [5.41, 5.74) is 0.0881. The minimum atomic E-state index is -0.693. The van der Waals surface area contributed by atoms with Gasteiger partial charge in [-0.1, -0.05) is 18.2 Å². The maximum Gasteiger partial charge on any atom is 0.410 e. The molecule has 0 aliphatic carbocycles. The first kappa shape index (κ1) is 28.9. The fraction of sp³-hybridized carbons (Fsp3) is 0.500. The van der Waals surface area contributed by atoms with E-state index in [0.29, 0.717) is 35.5 Å². The van der Waals surface area contributed by atoms with Gasteiger partial charge in [0.1, 0.15) is 29.7 Å². The largest absolute Gasteiger partial charge is 0.458 e. The lowest BCUT2D eigenvalue weighted by molar-refractivity contribution is -0.162. The molecule has 2 atom stereocenters. The van der Waals surface area contributed by atoms with Crippen molar-refractivity contribution in [3.8, 4) is 0 Å². The molecule has 0 radical (unpaired) electrons. The summed E-state index contributed by atoms with van der Waals surface area (Å²) < 4.78 is 18.7. The van der Waals surface area contributed by atoms with Crippen molar-refractivity contribution in [2.24, 2.45) is 0 Å². The van der Waals surface area contributed by atoms with Crippen molar-refractivity contribution >= 4 is 35.0 Å². The molecule has 0 spiro atoms. The van der Waals surface area contributed by atoms with Crippen molar-refractivity contribution in [2.75, 3.05) is 18.5 Å². The van der Waals surface area contributed by atoms with Crippen molar-refractivity contribution in [3.05, 3.63) is 48.5 Å². The van der Waals surface area contributed by atoms with E-state index in [-0.39, 0.29) is 25.1 Å². The Morgan fingerprint density at radius 3 is 2.35 bits per heavy atom. The lowest BCUT2D eigenvalue weighted by Gasteiger charge is -2.28. The maximum atomic E-state index is 13.2. The van der Waals surface area contributed by atoms with Crippen LogP contribution < -0.4 is 5.32 Å². The molecule has 1 N–H and O–H groups in total. The Morgan fingerprint density at radius 1 is 0.975 bits per heavy atom. The Balaban J connectivity index is 1.55. The first-order chi connectivity index (χ1) is 18.8. The highest BCUT2D eigenvalue weighted by molar-refractivity contribution is 6.06. The van der Waals surface area contributed by atoms with Crippen LogP contribution in [0.4, 0.5) is 10.6 Å².